The Morgan fingerprint density at radius 2 is 1.92 bits per heavy atom. The van der Waals surface area contributed by atoms with Crippen LogP contribution in [0.5, 0.6) is 11.5 Å². The van der Waals surface area contributed by atoms with Crippen LogP contribution in [0.1, 0.15) is 11.1 Å². The first-order valence-corrected chi connectivity index (χ1v) is 7.94. The van der Waals surface area contributed by atoms with Crippen molar-refractivity contribution in [3.8, 4) is 11.5 Å². The van der Waals surface area contributed by atoms with Gasteiger partial charge < -0.3 is 19.8 Å². The molecule has 0 bridgehead atoms. The molecule has 0 saturated carbocycles. The summed E-state index contributed by atoms with van der Waals surface area (Å²) >= 11 is 0. The van der Waals surface area contributed by atoms with E-state index in [0.717, 1.165) is 22.0 Å². The average Bonchev–Trinajstić information content (AvgIpc) is 3.04. The number of carbonyl (C=O) groups excluding carboxylic acids is 1. The van der Waals surface area contributed by atoms with E-state index < -0.39 is 0 Å². The number of aromatic amines is 1. The number of ether oxygens (including phenoxy) is 2. The highest BCUT2D eigenvalue weighted by Crippen LogP contribution is 2.27. The van der Waals surface area contributed by atoms with E-state index in [1.807, 2.05) is 54.7 Å². The number of hydrogen-bond acceptors (Lipinski definition) is 3. The third kappa shape index (κ3) is 3.83. The van der Waals surface area contributed by atoms with Gasteiger partial charge in [0.15, 0.2) is 11.5 Å². The lowest BCUT2D eigenvalue weighted by Crippen LogP contribution is -2.18. The molecular formula is C20H20N2O3. The number of amides is 1. The summed E-state index contributed by atoms with van der Waals surface area (Å²) in [7, 11) is 3.19. The maximum atomic E-state index is 12.1. The number of benzene rings is 2. The number of fused-ring (bicyclic) bond motifs is 1. The molecule has 0 unspecified atom stereocenters. The third-order valence-electron chi connectivity index (χ3n) is 3.95. The van der Waals surface area contributed by atoms with Crippen LogP contribution in [0, 0.1) is 0 Å². The van der Waals surface area contributed by atoms with Crippen LogP contribution in [-0.2, 0) is 11.2 Å². The second kappa shape index (κ2) is 7.57. The summed E-state index contributed by atoms with van der Waals surface area (Å²) in [5.41, 5.74) is 2.92. The smallest absolute Gasteiger partial charge is 0.228 e. The Morgan fingerprint density at radius 3 is 2.72 bits per heavy atom. The fraction of sp³-hybridized carbons (Fsp3) is 0.150. The lowest BCUT2D eigenvalue weighted by molar-refractivity contribution is -0.119. The zero-order valence-corrected chi connectivity index (χ0v) is 14.2. The van der Waals surface area contributed by atoms with E-state index in [-0.39, 0.29) is 5.91 Å². The van der Waals surface area contributed by atoms with Crippen molar-refractivity contribution in [3.63, 3.8) is 0 Å². The maximum absolute atomic E-state index is 12.1. The van der Waals surface area contributed by atoms with Gasteiger partial charge in [0.05, 0.1) is 20.6 Å². The van der Waals surface area contributed by atoms with Gasteiger partial charge in [0.25, 0.3) is 0 Å². The number of carbonyl (C=O) groups is 1. The molecule has 2 N–H and O–H groups in total. The molecule has 1 aromatic heterocycles. The van der Waals surface area contributed by atoms with Gasteiger partial charge in [0.1, 0.15) is 0 Å². The van der Waals surface area contributed by atoms with Gasteiger partial charge in [-0.2, -0.15) is 0 Å². The third-order valence-corrected chi connectivity index (χ3v) is 3.95. The summed E-state index contributed by atoms with van der Waals surface area (Å²) in [5.74, 6) is 1.25. The Balaban J connectivity index is 1.63. The zero-order valence-electron chi connectivity index (χ0n) is 14.2. The van der Waals surface area contributed by atoms with Crippen LogP contribution in [0.2, 0.25) is 0 Å². The van der Waals surface area contributed by atoms with E-state index in [1.54, 1.807) is 20.4 Å². The van der Waals surface area contributed by atoms with Crippen molar-refractivity contribution in [2.75, 3.05) is 14.2 Å². The Kier molecular flexibility index (Phi) is 5.04. The number of methoxy groups -OCH3 is 2. The summed E-state index contributed by atoms with van der Waals surface area (Å²) in [6, 6.07) is 13.5. The molecule has 0 aliphatic rings. The molecule has 0 radical (unpaired) electrons. The fourth-order valence-electron chi connectivity index (χ4n) is 2.69. The predicted molar refractivity (Wildman–Crippen MR) is 98.7 cm³/mol. The van der Waals surface area contributed by atoms with Crippen molar-refractivity contribution < 1.29 is 14.3 Å². The van der Waals surface area contributed by atoms with E-state index in [0.29, 0.717) is 17.9 Å². The van der Waals surface area contributed by atoms with Gasteiger partial charge in [-0.3, -0.25) is 4.79 Å². The van der Waals surface area contributed by atoms with Gasteiger partial charge in [-0.15, -0.1) is 0 Å². The lowest BCUT2D eigenvalue weighted by atomic mass is 10.1. The summed E-state index contributed by atoms with van der Waals surface area (Å²) in [6.07, 6.45) is 5.65. The molecule has 0 spiro atoms. The van der Waals surface area contributed by atoms with Crippen molar-refractivity contribution in [3.05, 3.63) is 66.0 Å². The van der Waals surface area contributed by atoms with E-state index >= 15 is 0 Å². The van der Waals surface area contributed by atoms with Gasteiger partial charge in [0, 0.05) is 23.3 Å². The molecule has 3 rings (SSSR count). The van der Waals surface area contributed by atoms with Crippen LogP contribution in [-0.4, -0.2) is 25.1 Å². The van der Waals surface area contributed by atoms with Crippen molar-refractivity contribution >= 4 is 22.9 Å². The summed E-state index contributed by atoms with van der Waals surface area (Å²) in [6.45, 7) is 0. The minimum atomic E-state index is -0.0681. The molecule has 3 aromatic rings. The number of hydrogen-bond donors (Lipinski definition) is 2. The Bertz CT molecular complexity index is 912. The van der Waals surface area contributed by atoms with Crippen LogP contribution in [0.3, 0.4) is 0 Å². The van der Waals surface area contributed by atoms with Crippen LogP contribution in [0.25, 0.3) is 17.0 Å². The summed E-state index contributed by atoms with van der Waals surface area (Å²) in [5, 5.41) is 3.87. The van der Waals surface area contributed by atoms with E-state index in [4.69, 9.17) is 9.47 Å². The first kappa shape index (κ1) is 16.6. The molecule has 25 heavy (non-hydrogen) atoms. The van der Waals surface area contributed by atoms with Gasteiger partial charge in [0.2, 0.25) is 5.91 Å². The van der Waals surface area contributed by atoms with Gasteiger partial charge >= 0.3 is 0 Å². The minimum Gasteiger partial charge on any atom is -0.493 e. The molecule has 0 atom stereocenters. The van der Waals surface area contributed by atoms with E-state index in [1.165, 1.54) is 0 Å². The minimum absolute atomic E-state index is 0.0681. The van der Waals surface area contributed by atoms with E-state index in [9.17, 15) is 4.79 Å². The quantitative estimate of drug-likeness (QED) is 0.724. The van der Waals surface area contributed by atoms with Crippen molar-refractivity contribution in [2.24, 2.45) is 0 Å². The monoisotopic (exact) mass is 336 g/mol. The largest absolute Gasteiger partial charge is 0.493 e. The van der Waals surface area contributed by atoms with Crippen LogP contribution >= 0.6 is 0 Å². The van der Waals surface area contributed by atoms with Crippen molar-refractivity contribution in [1.82, 2.24) is 10.3 Å². The molecule has 0 fully saturated rings. The van der Waals surface area contributed by atoms with Crippen LogP contribution in [0.4, 0.5) is 0 Å². The highest BCUT2D eigenvalue weighted by molar-refractivity contribution is 5.89. The highest BCUT2D eigenvalue weighted by atomic mass is 16.5. The predicted octanol–water partition coefficient (Wildman–Crippen LogP) is 3.51. The molecule has 2 aromatic carbocycles. The number of H-pyrrole nitrogens is 1. The first-order chi connectivity index (χ1) is 12.2. The first-order valence-electron chi connectivity index (χ1n) is 7.94. The molecule has 0 saturated heterocycles. The molecular weight excluding hydrogens is 316 g/mol. The molecule has 5 heteroatoms. The fourth-order valence-corrected chi connectivity index (χ4v) is 2.69. The van der Waals surface area contributed by atoms with E-state index in [2.05, 4.69) is 10.3 Å². The average molecular weight is 336 g/mol. The van der Waals surface area contributed by atoms with Crippen LogP contribution in [0.15, 0.2) is 54.9 Å². The van der Waals surface area contributed by atoms with Crippen molar-refractivity contribution in [2.45, 2.75) is 6.42 Å². The van der Waals surface area contributed by atoms with Crippen LogP contribution < -0.4 is 14.8 Å². The van der Waals surface area contributed by atoms with Gasteiger partial charge in [-0.1, -0.05) is 24.3 Å². The molecule has 128 valence electrons. The Hall–Kier alpha value is -3.21. The summed E-state index contributed by atoms with van der Waals surface area (Å²) < 4.78 is 10.5. The normalized spacial score (nSPS) is 11.0. The topological polar surface area (TPSA) is 63.3 Å². The molecule has 5 nitrogen and oxygen atoms in total. The standard InChI is InChI=1S/C20H20N2O3/c1-24-18-8-7-14(11-19(18)25-2)9-10-21-20(23)12-15-13-22-17-6-4-3-5-16(15)17/h3-11,13,22H,12H2,1-2H3,(H,21,23). The maximum Gasteiger partial charge on any atom is 0.228 e. The Morgan fingerprint density at radius 1 is 1.12 bits per heavy atom. The van der Waals surface area contributed by atoms with Crippen molar-refractivity contribution in [1.29, 1.82) is 0 Å². The van der Waals surface area contributed by atoms with Gasteiger partial charge in [-0.05, 0) is 35.4 Å². The van der Waals surface area contributed by atoms with Gasteiger partial charge in [-0.25, -0.2) is 0 Å². The number of aromatic nitrogens is 1. The highest BCUT2D eigenvalue weighted by Gasteiger charge is 2.07. The number of rotatable bonds is 6. The molecule has 1 heterocycles. The SMILES string of the molecule is COc1ccc(C=CNC(=O)Cc2c[nH]c3ccccc23)cc1OC. The summed E-state index contributed by atoms with van der Waals surface area (Å²) in [4.78, 5) is 15.3. The second-order valence-corrected chi connectivity index (χ2v) is 5.55. The Labute approximate surface area is 146 Å². The number of para-hydroxylation sites is 1. The molecule has 1 amide bonds. The lowest BCUT2D eigenvalue weighted by Gasteiger charge is -2.07. The molecule has 0 aliphatic carbocycles. The molecule has 0 aliphatic heterocycles. The number of nitrogens with one attached hydrogen (secondary N) is 2. The zero-order chi connectivity index (χ0) is 17.6. The second-order valence-electron chi connectivity index (χ2n) is 5.55.